The Bertz CT molecular complexity index is 769. The van der Waals surface area contributed by atoms with E-state index in [4.69, 9.17) is 0 Å². The van der Waals surface area contributed by atoms with E-state index in [2.05, 4.69) is 52.0 Å². The quantitative estimate of drug-likeness (QED) is 0.474. The van der Waals surface area contributed by atoms with Crippen LogP contribution in [0.15, 0.2) is 47.1 Å². The maximum absolute atomic E-state index is 10.6. The van der Waals surface area contributed by atoms with Gasteiger partial charge in [0.1, 0.15) is 0 Å². The molecule has 0 radical (unpaired) electrons. The third kappa shape index (κ3) is 5.10. The van der Waals surface area contributed by atoms with Crippen LogP contribution in [0.2, 0.25) is 0 Å². The number of aliphatic hydroxyl groups excluding tert-OH is 2. The minimum atomic E-state index is -0.756. The topological polar surface area (TPSA) is 60.7 Å². The Morgan fingerprint density at radius 3 is 2.55 bits per heavy atom. The summed E-state index contributed by atoms with van der Waals surface area (Å²) >= 11 is 0. The van der Waals surface area contributed by atoms with E-state index in [0.29, 0.717) is 30.6 Å². The number of allylic oxidation sites excluding steroid dienone is 5. The van der Waals surface area contributed by atoms with Gasteiger partial charge in [0, 0.05) is 6.42 Å². The lowest BCUT2D eigenvalue weighted by atomic mass is 9.62. The largest absolute Gasteiger partial charge is 0.393 e. The summed E-state index contributed by atoms with van der Waals surface area (Å²) in [5, 5.41) is 30.9. The third-order valence-corrected chi connectivity index (χ3v) is 8.85. The predicted octanol–water partition coefficient (Wildman–Crippen LogP) is 5.73. The molecule has 0 saturated heterocycles. The van der Waals surface area contributed by atoms with Crippen molar-refractivity contribution in [3.05, 3.63) is 47.1 Å². The molecule has 0 bridgehead atoms. The highest BCUT2D eigenvalue weighted by atomic mass is 16.3. The molecule has 0 aromatic heterocycles. The van der Waals surface area contributed by atoms with Gasteiger partial charge in [-0.2, -0.15) is 0 Å². The molecule has 7 atom stereocenters. The highest BCUT2D eigenvalue weighted by Gasteiger charge is 2.49. The van der Waals surface area contributed by atoms with Crippen molar-refractivity contribution in [1.29, 1.82) is 0 Å². The molecule has 0 spiro atoms. The van der Waals surface area contributed by atoms with Crippen molar-refractivity contribution in [3.8, 4) is 0 Å². The lowest BCUT2D eigenvalue weighted by molar-refractivity contribution is 0.0610. The number of fused-ring (bicyclic) bond motifs is 1. The van der Waals surface area contributed by atoms with E-state index in [1.54, 1.807) is 0 Å². The standard InChI is InChI=1S/C28H44O3/c1-18(2)28(6,31)15-13-19(3)24-11-12-25-21(8-7-14-27(24,25)5)9-10-22-16-23(29)17-26(30)20(22)4/h8-10,13,15,18-19,23-26,29-31H,7,11-12,14,16-17H2,1-6H3/b10-9-,15-13+/t19-,23-,24-,25+,26+,27-,28-/m1/s1. The summed E-state index contributed by atoms with van der Waals surface area (Å²) in [5.41, 5.74) is 3.03. The molecule has 174 valence electrons. The van der Waals surface area contributed by atoms with Gasteiger partial charge in [-0.05, 0) is 91.8 Å². The van der Waals surface area contributed by atoms with E-state index < -0.39 is 17.8 Å². The first-order valence-corrected chi connectivity index (χ1v) is 12.3. The maximum Gasteiger partial charge on any atom is 0.0822 e. The second kappa shape index (κ2) is 9.37. The van der Waals surface area contributed by atoms with Gasteiger partial charge in [0.25, 0.3) is 0 Å². The summed E-state index contributed by atoms with van der Waals surface area (Å²) in [5.74, 6) is 1.82. The van der Waals surface area contributed by atoms with Crippen molar-refractivity contribution in [3.63, 3.8) is 0 Å². The molecule has 3 nitrogen and oxygen atoms in total. The van der Waals surface area contributed by atoms with Gasteiger partial charge >= 0.3 is 0 Å². The Balaban J connectivity index is 1.76. The molecule has 0 aromatic carbocycles. The van der Waals surface area contributed by atoms with E-state index in [0.717, 1.165) is 17.6 Å². The molecule has 3 aliphatic carbocycles. The van der Waals surface area contributed by atoms with Gasteiger partial charge in [-0.25, -0.2) is 0 Å². The van der Waals surface area contributed by atoms with Crippen molar-refractivity contribution in [2.45, 2.75) is 97.9 Å². The molecule has 31 heavy (non-hydrogen) atoms. The summed E-state index contributed by atoms with van der Waals surface area (Å²) in [6, 6.07) is 0. The number of hydrogen-bond acceptors (Lipinski definition) is 3. The fraction of sp³-hybridized carbons (Fsp3) is 0.714. The monoisotopic (exact) mass is 428 g/mol. The molecule has 0 heterocycles. The van der Waals surface area contributed by atoms with Crippen LogP contribution in [-0.2, 0) is 0 Å². The highest BCUT2D eigenvalue weighted by molar-refractivity contribution is 5.37. The van der Waals surface area contributed by atoms with Gasteiger partial charge in [-0.1, -0.05) is 58.1 Å². The van der Waals surface area contributed by atoms with Gasteiger partial charge in [0.05, 0.1) is 17.8 Å². The van der Waals surface area contributed by atoms with E-state index in [9.17, 15) is 15.3 Å². The molecular formula is C28H44O3. The Morgan fingerprint density at radius 1 is 1.16 bits per heavy atom. The van der Waals surface area contributed by atoms with Crippen molar-refractivity contribution in [1.82, 2.24) is 0 Å². The number of aliphatic hydroxyl groups is 3. The minimum Gasteiger partial charge on any atom is -0.393 e. The first kappa shape index (κ1) is 24.5. The van der Waals surface area contributed by atoms with Crippen molar-refractivity contribution >= 4 is 0 Å². The van der Waals surface area contributed by atoms with Crippen LogP contribution < -0.4 is 0 Å². The molecule has 3 aliphatic rings. The van der Waals surface area contributed by atoms with Crippen molar-refractivity contribution in [2.24, 2.45) is 29.1 Å². The normalized spacial score (nSPS) is 37.4. The average molecular weight is 429 g/mol. The molecule has 0 aromatic rings. The van der Waals surface area contributed by atoms with Crippen LogP contribution in [0, 0.1) is 29.1 Å². The molecule has 3 N–H and O–H groups in total. The zero-order valence-corrected chi connectivity index (χ0v) is 20.4. The SMILES string of the molecule is CC1=C(/C=C\C2=CCC[C@]3(C)[C@@H]([C@H](C)/C=C/[C@@](C)(O)C(C)C)CC[C@@H]23)C[C@@H](O)C[C@@H]1O. The fourth-order valence-corrected chi connectivity index (χ4v) is 6.13. The average Bonchev–Trinajstić information content (AvgIpc) is 3.05. The van der Waals surface area contributed by atoms with Gasteiger partial charge in [0.15, 0.2) is 0 Å². The highest BCUT2D eigenvalue weighted by Crippen LogP contribution is 2.58. The first-order valence-electron chi connectivity index (χ1n) is 12.3. The van der Waals surface area contributed by atoms with E-state index in [-0.39, 0.29) is 11.3 Å². The first-order chi connectivity index (χ1) is 14.5. The molecule has 1 saturated carbocycles. The van der Waals surface area contributed by atoms with Crippen LogP contribution >= 0.6 is 0 Å². The summed E-state index contributed by atoms with van der Waals surface area (Å²) in [4.78, 5) is 0. The van der Waals surface area contributed by atoms with Crippen LogP contribution in [0.1, 0.15) is 80.1 Å². The van der Waals surface area contributed by atoms with Crippen molar-refractivity contribution < 1.29 is 15.3 Å². The van der Waals surface area contributed by atoms with E-state index in [1.165, 1.54) is 24.8 Å². The second-order valence-corrected chi connectivity index (χ2v) is 11.2. The van der Waals surface area contributed by atoms with Gasteiger partial charge in [-0.3, -0.25) is 0 Å². The number of rotatable bonds is 6. The molecule has 0 aliphatic heterocycles. The predicted molar refractivity (Wildman–Crippen MR) is 128 cm³/mol. The van der Waals surface area contributed by atoms with Crippen LogP contribution in [0.3, 0.4) is 0 Å². The fourth-order valence-electron chi connectivity index (χ4n) is 6.13. The van der Waals surface area contributed by atoms with Crippen molar-refractivity contribution in [2.75, 3.05) is 0 Å². The Morgan fingerprint density at radius 2 is 1.87 bits per heavy atom. The Labute approximate surface area is 189 Å². The van der Waals surface area contributed by atoms with Gasteiger partial charge < -0.3 is 15.3 Å². The van der Waals surface area contributed by atoms with E-state index in [1.807, 2.05) is 19.9 Å². The second-order valence-electron chi connectivity index (χ2n) is 11.2. The zero-order chi connectivity index (χ0) is 23.0. The molecule has 0 amide bonds. The van der Waals surface area contributed by atoms with Crippen LogP contribution in [-0.4, -0.2) is 33.1 Å². The molecule has 3 rings (SSSR count). The zero-order valence-electron chi connectivity index (χ0n) is 20.4. The molecule has 1 fully saturated rings. The third-order valence-electron chi connectivity index (χ3n) is 8.85. The van der Waals surface area contributed by atoms with E-state index >= 15 is 0 Å². The lowest BCUT2D eigenvalue weighted by Gasteiger charge is -2.42. The van der Waals surface area contributed by atoms with Gasteiger partial charge in [-0.15, -0.1) is 0 Å². The summed E-state index contributed by atoms with van der Waals surface area (Å²) in [6.45, 7) is 12.8. The minimum absolute atomic E-state index is 0.201. The molecular weight excluding hydrogens is 384 g/mol. The van der Waals surface area contributed by atoms with Gasteiger partial charge in [0.2, 0.25) is 0 Å². The Hall–Kier alpha value is -1.16. The summed E-state index contributed by atoms with van der Waals surface area (Å²) in [7, 11) is 0. The Kier molecular flexibility index (Phi) is 7.40. The lowest BCUT2D eigenvalue weighted by Crippen LogP contribution is -2.35. The van der Waals surface area contributed by atoms with Crippen LogP contribution in [0.25, 0.3) is 0 Å². The molecule has 3 heteroatoms. The summed E-state index contributed by atoms with van der Waals surface area (Å²) in [6.07, 6.45) is 15.9. The molecule has 0 unspecified atom stereocenters. The smallest absolute Gasteiger partial charge is 0.0822 e. The number of hydrogen-bond donors (Lipinski definition) is 3. The van der Waals surface area contributed by atoms with Crippen LogP contribution in [0.5, 0.6) is 0 Å². The maximum atomic E-state index is 10.6. The summed E-state index contributed by atoms with van der Waals surface area (Å²) < 4.78 is 0. The van der Waals surface area contributed by atoms with Crippen LogP contribution in [0.4, 0.5) is 0 Å².